The van der Waals surface area contributed by atoms with E-state index in [9.17, 15) is 4.79 Å². The number of hydrogen-bond donors (Lipinski definition) is 2. The van der Waals surface area contributed by atoms with Crippen LogP contribution < -0.4 is 5.32 Å². The van der Waals surface area contributed by atoms with E-state index in [4.69, 9.17) is 0 Å². The fourth-order valence-corrected chi connectivity index (χ4v) is 5.26. The maximum Gasteiger partial charge on any atom is 0.254 e. The number of nitrogens with one attached hydrogen (secondary N) is 2. The number of carbonyl (C=O) groups excluding carboxylic acids is 1. The molecule has 0 unspecified atom stereocenters. The van der Waals surface area contributed by atoms with Crippen LogP contribution in [-0.4, -0.2) is 57.5 Å². The summed E-state index contributed by atoms with van der Waals surface area (Å²) in [5, 5.41) is 3.48. The fraction of sp³-hybridized carbons (Fsp3) is 0.440. The Labute approximate surface area is 183 Å². The molecule has 6 nitrogen and oxygen atoms in total. The van der Waals surface area contributed by atoms with Crippen LogP contribution in [0.3, 0.4) is 0 Å². The van der Waals surface area contributed by atoms with Crippen molar-refractivity contribution in [2.45, 2.75) is 44.3 Å². The largest absolute Gasteiger partial charge is 0.345 e. The van der Waals surface area contributed by atoms with Gasteiger partial charge in [-0.05, 0) is 43.4 Å². The highest BCUT2D eigenvalue weighted by molar-refractivity contribution is 6.05. The topological polar surface area (TPSA) is 64.3 Å². The number of benzene rings is 2. The number of nitrogens with zero attached hydrogens (tertiary/aromatic N) is 3. The van der Waals surface area contributed by atoms with Gasteiger partial charge in [-0.3, -0.25) is 14.6 Å². The predicted molar refractivity (Wildman–Crippen MR) is 123 cm³/mol. The summed E-state index contributed by atoms with van der Waals surface area (Å²) in [4.78, 5) is 25.9. The summed E-state index contributed by atoms with van der Waals surface area (Å²) in [7, 11) is 0. The monoisotopic (exact) mass is 417 g/mol. The summed E-state index contributed by atoms with van der Waals surface area (Å²) in [5.74, 6) is -0.00804. The minimum Gasteiger partial charge on any atom is -0.345 e. The van der Waals surface area contributed by atoms with Gasteiger partial charge < -0.3 is 10.3 Å². The molecule has 1 aromatic heterocycles. The summed E-state index contributed by atoms with van der Waals surface area (Å²) >= 11 is 0. The number of fused-ring (bicyclic) bond motifs is 1. The average molecular weight is 418 g/mol. The van der Waals surface area contributed by atoms with E-state index < -0.39 is 0 Å². The van der Waals surface area contributed by atoms with Crippen molar-refractivity contribution in [3.05, 3.63) is 66.0 Å². The van der Waals surface area contributed by atoms with Crippen molar-refractivity contribution in [1.82, 2.24) is 25.1 Å². The Morgan fingerprint density at radius 3 is 2.52 bits per heavy atom. The maximum absolute atomic E-state index is 13.4. The second-order valence-electron chi connectivity index (χ2n) is 8.90. The highest BCUT2D eigenvalue weighted by Gasteiger charge is 2.40. The zero-order valence-corrected chi connectivity index (χ0v) is 18.0. The van der Waals surface area contributed by atoms with Crippen LogP contribution in [0.2, 0.25) is 0 Å². The van der Waals surface area contributed by atoms with E-state index in [1.165, 1.54) is 12.0 Å². The molecule has 0 atom stereocenters. The van der Waals surface area contributed by atoms with Crippen LogP contribution in [-0.2, 0) is 6.54 Å². The van der Waals surface area contributed by atoms with Crippen molar-refractivity contribution in [3.8, 4) is 0 Å². The molecule has 2 N–H and O–H groups in total. The second-order valence-corrected chi connectivity index (χ2v) is 8.90. The third-order valence-corrected chi connectivity index (χ3v) is 6.95. The number of aromatic nitrogens is 2. The third kappa shape index (κ3) is 4.23. The van der Waals surface area contributed by atoms with Crippen LogP contribution in [0.1, 0.15) is 48.0 Å². The average Bonchev–Trinajstić information content (AvgIpc) is 3.30. The lowest BCUT2D eigenvalue weighted by Gasteiger charge is -2.50. The molecule has 2 heterocycles. The lowest BCUT2D eigenvalue weighted by atomic mass is 9.86. The van der Waals surface area contributed by atoms with Crippen molar-refractivity contribution >= 4 is 16.9 Å². The molecule has 31 heavy (non-hydrogen) atoms. The summed E-state index contributed by atoms with van der Waals surface area (Å²) < 4.78 is 0. The number of amides is 1. The molecule has 0 radical (unpaired) electrons. The normalized spacial score (nSPS) is 20.0. The Kier molecular flexibility index (Phi) is 5.74. The van der Waals surface area contributed by atoms with Gasteiger partial charge in [-0.2, -0.15) is 0 Å². The van der Waals surface area contributed by atoms with E-state index in [2.05, 4.69) is 55.4 Å². The highest BCUT2D eigenvalue weighted by Crippen LogP contribution is 2.33. The Bertz CT molecular complexity index is 1020. The molecule has 6 heteroatoms. The van der Waals surface area contributed by atoms with Gasteiger partial charge in [0.05, 0.1) is 23.1 Å². The number of rotatable bonds is 5. The highest BCUT2D eigenvalue weighted by atomic mass is 16.2. The number of imidazole rings is 1. The summed E-state index contributed by atoms with van der Waals surface area (Å²) in [6.45, 7) is 5.03. The Hall–Kier alpha value is -2.70. The van der Waals surface area contributed by atoms with Crippen LogP contribution in [0.4, 0.5) is 0 Å². The van der Waals surface area contributed by atoms with Crippen LogP contribution in [0.15, 0.2) is 54.9 Å². The fourth-order valence-electron chi connectivity index (χ4n) is 5.26. The van der Waals surface area contributed by atoms with Gasteiger partial charge in [-0.1, -0.05) is 42.8 Å². The van der Waals surface area contributed by atoms with E-state index in [1.54, 1.807) is 6.33 Å². The van der Waals surface area contributed by atoms with Gasteiger partial charge in [-0.15, -0.1) is 0 Å². The Morgan fingerprint density at radius 2 is 1.74 bits per heavy atom. The molecular weight excluding hydrogens is 386 g/mol. The zero-order valence-electron chi connectivity index (χ0n) is 18.0. The van der Waals surface area contributed by atoms with Gasteiger partial charge in [0.1, 0.15) is 5.52 Å². The van der Waals surface area contributed by atoms with Gasteiger partial charge >= 0.3 is 0 Å². The molecule has 0 spiro atoms. The quantitative estimate of drug-likeness (QED) is 0.663. The maximum atomic E-state index is 13.4. The first-order valence-corrected chi connectivity index (χ1v) is 11.5. The van der Waals surface area contributed by atoms with Gasteiger partial charge in [0.25, 0.3) is 5.91 Å². The Morgan fingerprint density at radius 1 is 0.968 bits per heavy atom. The number of carbonyl (C=O) groups is 1. The van der Waals surface area contributed by atoms with Crippen molar-refractivity contribution in [2.24, 2.45) is 0 Å². The van der Waals surface area contributed by atoms with Crippen LogP contribution >= 0.6 is 0 Å². The van der Waals surface area contributed by atoms with Crippen LogP contribution in [0, 0.1) is 0 Å². The van der Waals surface area contributed by atoms with E-state index in [1.807, 2.05) is 18.2 Å². The Balaban J connectivity index is 1.30. The second kappa shape index (κ2) is 8.81. The molecule has 0 bridgehead atoms. The molecular formula is C25H31N5O. The van der Waals surface area contributed by atoms with E-state index >= 15 is 0 Å². The molecule has 2 aliphatic rings. The lowest BCUT2D eigenvalue weighted by Crippen LogP contribution is -2.65. The van der Waals surface area contributed by atoms with Crippen molar-refractivity contribution in [2.75, 3.05) is 26.2 Å². The van der Waals surface area contributed by atoms with Gasteiger partial charge in [0, 0.05) is 32.7 Å². The zero-order chi connectivity index (χ0) is 21.1. The SMILES string of the molecule is O=C(NC1(N2CCN(Cc3ccccc3)CC2)CCCCC1)c1cccc2[nH]cnc12. The molecule has 162 valence electrons. The lowest BCUT2D eigenvalue weighted by molar-refractivity contribution is -0.0134. The molecule has 1 saturated carbocycles. The molecule has 1 aliphatic heterocycles. The number of H-pyrrole nitrogens is 1. The smallest absolute Gasteiger partial charge is 0.254 e. The van der Waals surface area contributed by atoms with Crippen LogP contribution in [0.5, 0.6) is 0 Å². The molecule has 2 fully saturated rings. The molecule has 3 aromatic rings. The number of para-hydroxylation sites is 1. The molecule has 1 saturated heterocycles. The van der Waals surface area contributed by atoms with Crippen molar-refractivity contribution in [1.29, 1.82) is 0 Å². The van der Waals surface area contributed by atoms with E-state index in [0.717, 1.165) is 69.4 Å². The minimum atomic E-state index is -0.243. The minimum absolute atomic E-state index is 0.00804. The molecule has 5 rings (SSSR count). The molecule has 1 amide bonds. The summed E-state index contributed by atoms with van der Waals surface area (Å²) in [5.41, 5.74) is 3.43. The first-order chi connectivity index (χ1) is 15.2. The number of piperazine rings is 1. The van der Waals surface area contributed by atoms with Gasteiger partial charge in [0.2, 0.25) is 0 Å². The summed E-state index contributed by atoms with van der Waals surface area (Å²) in [6, 6.07) is 16.5. The molecule has 2 aromatic carbocycles. The molecule has 1 aliphatic carbocycles. The van der Waals surface area contributed by atoms with Crippen LogP contribution in [0.25, 0.3) is 11.0 Å². The first kappa shape index (κ1) is 20.2. The summed E-state index contributed by atoms with van der Waals surface area (Å²) in [6.07, 6.45) is 7.28. The predicted octanol–water partition coefficient (Wildman–Crippen LogP) is 3.77. The van der Waals surface area contributed by atoms with Crippen molar-refractivity contribution < 1.29 is 4.79 Å². The van der Waals surface area contributed by atoms with Crippen molar-refractivity contribution in [3.63, 3.8) is 0 Å². The third-order valence-electron chi connectivity index (χ3n) is 6.95. The number of hydrogen-bond acceptors (Lipinski definition) is 4. The van der Waals surface area contributed by atoms with E-state index in [0.29, 0.717) is 5.56 Å². The standard InChI is InChI=1S/C25H31N5O/c31-24(21-10-7-11-22-23(21)27-19-26-22)28-25(12-5-2-6-13-25)30-16-14-29(15-17-30)18-20-8-3-1-4-9-20/h1,3-4,7-11,19H,2,5-6,12-18H2,(H,26,27)(H,28,31). The number of aromatic amines is 1. The first-order valence-electron chi connectivity index (χ1n) is 11.5. The van der Waals surface area contributed by atoms with E-state index in [-0.39, 0.29) is 11.6 Å². The van der Waals surface area contributed by atoms with Gasteiger partial charge in [0.15, 0.2) is 0 Å². The van der Waals surface area contributed by atoms with Gasteiger partial charge in [-0.25, -0.2) is 4.98 Å².